The van der Waals surface area contributed by atoms with Gasteiger partial charge in [-0.25, -0.2) is 4.98 Å². The van der Waals surface area contributed by atoms with Gasteiger partial charge in [0.15, 0.2) is 0 Å². The molecule has 0 saturated heterocycles. The average molecular weight is 252 g/mol. The van der Waals surface area contributed by atoms with Crippen molar-refractivity contribution < 1.29 is 4.92 Å². The highest BCUT2D eigenvalue weighted by Gasteiger charge is 2.20. The maximum atomic E-state index is 10.9. The molecule has 1 aromatic rings. The molecule has 0 bridgehead atoms. The first-order valence-electron chi connectivity index (χ1n) is 4.97. The fourth-order valence-corrected chi connectivity index (χ4v) is 1.71. The Morgan fingerprint density at radius 1 is 1.71 bits per heavy atom. The minimum Gasteiger partial charge on any atom is -0.364 e. The zero-order valence-electron chi connectivity index (χ0n) is 9.34. The van der Waals surface area contributed by atoms with Crippen LogP contribution in [0.1, 0.15) is 12.0 Å². The van der Waals surface area contributed by atoms with Crippen molar-refractivity contribution in [3.8, 4) is 6.07 Å². The van der Waals surface area contributed by atoms with Crippen molar-refractivity contribution >= 4 is 23.3 Å². The summed E-state index contributed by atoms with van der Waals surface area (Å²) in [5, 5.41) is 22.5. The largest absolute Gasteiger partial charge is 0.364 e. The Morgan fingerprint density at radius 2 is 2.47 bits per heavy atom. The predicted molar refractivity (Wildman–Crippen MR) is 67.1 cm³/mol. The van der Waals surface area contributed by atoms with Crippen LogP contribution < -0.4 is 5.32 Å². The SMILES string of the molecule is CSCCCNc1nccc(C#N)c1[N+](=O)[O-]. The summed E-state index contributed by atoms with van der Waals surface area (Å²) < 4.78 is 0. The molecule has 6 nitrogen and oxygen atoms in total. The summed E-state index contributed by atoms with van der Waals surface area (Å²) in [6.45, 7) is 0.601. The van der Waals surface area contributed by atoms with Gasteiger partial charge >= 0.3 is 5.69 Å². The minimum atomic E-state index is -0.581. The zero-order chi connectivity index (χ0) is 12.7. The van der Waals surface area contributed by atoms with Crippen LogP contribution in [0.4, 0.5) is 11.5 Å². The summed E-state index contributed by atoms with van der Waals surface area (Å²) in [6.07, 6.45) is 4.27. The Kier molecular flexibility index (Phi) is 5.23. The monoisotopic (exact) mass is 252 g/mol. The second-order valence-electron chi connectivity index (χ2n) is 3.20. The third-order valence-electron chi connectivity index (χ3n) is 2.04. The highest BCUT2D eigenvalue weighted by Crippen LogP contribution is 2.25. The van der Waals surface area contributed by atoms with Crippen LogP contribution in [-0.4, -0.2) is 28.5 Å². The quantitative estimate of drug-likeness (QED) is 0.473. The van der Waals surface area contributed by atoms with Crippen LogP contribution in [0, 0.1) is 21.4 Å². The topological polar surface area (TPSA) is 91.8 Å². The number of hydrogen-bond donors (Lipinski definition) is 1. The number of hydrogen-bond acceptors (Lipinski definition) is 6. The van der Waals surface area contributed by atoms with Gasteiger partial charge in [-0.1, -0.05) is 0 Å². The lowest BCUT2D eigenvalue weighted by Gasteiger charge is -2.05. The lowest BCUT2D eigenvalue weighted by Crippen LogP contribution is -2.08. The van der Waals surface area contributed by atoms with E-state index in [4.69, 9.17) is 5.26 Å². The van der Waals surface area contributed by atoms with Gasteiger partial charge in [0.25, 0.3) is 0 Å². The van der Waals surface area contributed by atoms with Crippen molar-refractivity contribution in [1.82, 2.24) is 4.98 Å². The standard InChI is InChI=1S/C10H12N4O2S/c1-17-6-2-4-12-10-9(14(15)16)8(7-11)3-5-13-10/h3,5H,2,4,6H2,1H3,(H,12,13). The molecule has 0 aliphatic heterocycles. The van der Waals surface area contributed by atoms with E-state index in [1.165, 1.54) is 12.3 Å². The van der Waals surface area contributed by atoms with Gasteiger partial charge < -0.3 is 5.32 Å². The van der Waals surface area contributed by atoms with Gasteiger partial charge in [0.1, 0.15) is 11.6 Å². The molecule has 1 N–H and O–H groups in total. The average Bonchev–Trinajstić information content (AvgIpc) is 2.33. The number of aromatic nitrogens is 1. The molecule has 17 heavy (non-hydrogen) atoms. The number of nitro groups is 1. The van der Waals surface area contributed by atoms with Crippen molar-refractivity contribution in [3.63, 3.8) is 0 Å². The summed E-state index contributed by atoms with van der Waals surface area (Å²) in [5.41, 5.74) is -0.225. The number of thioether (sulfide) groups is 1. The Balaban J connectivity index is 2.84. The number of nitrogens with zero attached hydrogens (tertiary/aromatic N) is 3. The van der Waals surface area contributed by atoms with E-state index in [2.05, 4.69) is 10.3 Å². The van der Waals surface area contributed by atoms with Crippen LogP contribution in [-0.2, 0) is 0 Å². The number of anilines is 1. The van der Waals surface area contributed by atoms with Crippen LogP contribution >= 0.6 is 11.8 Å². The first kappa shape index (κ1) is 13.3. The Bertz CT molecular complexity index is 444. The summed E-state index contributed by atoms with van der Waals surface area (Å²) in [5.74, 6) is 1.13. The van der Waals surface area contributed by atoms with E-state index in [0.717, 1.165) is 12.2 Å². The molecule has 0 aromatic carbocycles. The van der Waals surface area contributed by atoms with Crippen molar-refractivity contribution in [2.75, 3.05) is 23.9 Å². The van der Waals surface area contributed by atoms with Crippen molar-refractivity contribution in [2.45, 2.75) is 6.42 Å². The van der Waals surface area contributed by atoms with E-state index in [0.29, 0.717) is 6.54 Å². The summed E-state index contributed by atoms with van der Waals surface area (Å²) in [6, 6.07) is 3.13. The predicted octanol–water partition coefficient (Wildman–Crippen LogP) is 2.03. The van der Waals surface area contributed by atoms with E-state index < -0.39 is 4.92 Å². The fraction of sp³-hybridized carbons (Fsp3) is 0.400. The number of nitrogens with one attached hydrogen (secondary N) is 1. The van der Waals surface area contributed by atoms with Crippen LogP contribution in [0.15, 0.2) is 12.3 Å². The third kappa shape index (κ3) is 3.60. The molecule has 0 spiro atoms. The van der Waals surface area contributed by atoms with Crippen LogP contribution in [0.5, 0.6) is 0 Å². The second kappa shape index (κ2) is 6.70. The molecule has 90 valence electrons. The molecule has 0 unspecified atom stereocenters. The molecule has 1 heterocycles. The van der Waals surface area contributed by atoms with Gasteiger partial charge in [-0.3, -0.25) is 10.1 Å². The Hall–Kier alpha value is -1.81. The normalized spacial score (nSPS) is 9.65. The molecule has 0 radical (unpaired) electrons. The molecule has 0 aliphatic rings. The van der Waals surface area contributed by atoms with Crippen molar-refractivity contribution in [3.05, 3.63) is 27.9 Å². The summed E-state index contributed by atoms with van der Waals surface area (Å²) in [4.78, 5) is 14.2. The van der Waals surface area contributed by atoms with E-state index in [9.17, 15) is 10.1 Å². The number of nitriles is 1. The first-order valence-corrected chi connectivity index (χ1v) is 6.36. The molecular formula is C10H12N4O2S. The molecule has 0 saturated carbocycles. The molecule has 7 heteroatoms. The van der Waals surface area contributed by atoms with Crippen LogP contribution in [0.3, 0.4) is 0 Å². The van der Waals surface area contributed by atoms with E-state index >= 15 is 0 Å². The summed E-state index contributed by atoms with van der Waals surface area (Å²) in [7, 11) is 0. The molecule has 0 amide bonds. The minimum absolute atomic E-state index is 0.0253. The molecule has 0 aliphatic carbocycles. The number of rotatable bonds is 6. The highest BCUT2D eigenvalue weighted by molar-refractivity contribution is 7.98. The Morgan fingerprint density at radius 3 is 3.06 bits per heavy atom. The molecular weight excluding hydrogens is 240 g/mol. The highest BCUT2D eigenvalue weighted by atomic mass is 32.2. The lowest BCUT2D eigenvalue weighted by atomic mass is 10.2. The van der Waals surface area contributed by atoms with Gasteiger partial charge in [-0.2, -0.15) is 17.0 Å². The third-order valence-corrected chi connectivity index (χ3v) is 2.74. The molecule has 1 aromatic heterocycles. The van der Waals surface area contributed by atoms with E-state index in [1.807, 2.05) is 6.26 Å². The van der Waals surface area contributed by atoms with Gasteiger partial charge in [0, 0.05) is 12.7 Å². The second-order valence-corrected chi connectivity index (χ2v) is 4.18. The molecule has 1 rings (SSSR count). The van der Waals surface area contributed by atoms with Gasteiger partial charge in [-0.15, -0.1) is 0 Å². The van der Waals surface area contributed by atoms with E-state index in [1.54, 1.807) is 17.8 Å². The van der Waals surface area contributed by atoms with Crippen molar-refractivity contribution in [1.29, 1.82) is 5.26 Å². The van der Waals surface area contributed by atoms with Gasteiger partial charge in [0.2, 0.25) is 5.82 Å². The van der Waals surface area contributed by atoms with Crippen molar-refractivity contribution in [2.24, 2.45) is 0 Å². The maximum Gasteiger partial charge on any atom is 0.328 e. The van der Waals surface area contributed by atoms with E-state index in [-0.39, 0.29) is 17.1 Å². The fourth-order valence-electron chi connectivity index (χ4n) is 1.28. The molecule has 0 fully saturated rings. The van der Waals surface area contributed by atoms with Gasteiger partial charge in [0.05, 0.1) is 4.92 Å². The lowest BCUT2D eigenvalue weighted by molar-refractivity contribution is -0.384. The maximum absolute atomic E-state index is 10.9. The zero-order valence-corrected chi connectivity index (χ0v) is 10.2. The van der Waals surface area contributed by atoms with Gasteiger partial charge in [-0.05, 0) is 24.5 Å². The van der Waals surface area contributed by atoms with Crippen LogP contribution in [0.2, 0.25) is 0 Å². The van der Waals surface area contributed by atoms with Crippen LogP contribution in [0.25, 0.3) is 0 Å². The summed E-state index contributed by atoms with van der Waals surface area (Å²) >= 11 is 1.71. The molecule has 0 atom stereocenters. The number of pyridine rings is 1. The first-order chi connectivity index (χ1) is 8.20. The smallest absolute Gasteiger partial charge is 0.328 e. The Labute approximate surface area is 103 Å².